The van der Waals surface area contributed by atoms with E-state index in [-0.39, 0.29) is 23.7 Å². The van der Waals surface area contributed by atoms with Crippen molar-refractivity contribution in [2.75, 3.05) is 13.1 Å². The summed E-state index contributed by atoms with van der Waals surface area (Å²) in [5.74, 6) is 0.517. The van der Waals surface area contributed by atoms with Crippen LogP contribution >= 0.6 is 0 Å². The van der Waals surface area contributed by atoms with Gasteiger partial charge in [0.05, 0.1) is 0 Å². The van der Waals surface area contributed by atoms with Crippen molar-refractivity contribution in [1.82, 2.24) is 10.6 Å². The molecule has 1 aromatic rings. The number of aryl methyl sites for hydroxylation is 1. The number of nitrogens with one attached hydrogen (secondary N) is 2. The molecule has 138 valence electrons. The summed E-state index contributed by atoms with van der Waals surface area (Å²) in [5, 5.41) is 6.08. The van der Waals surface area contributed by atoms with Crippen molar-refractivity contribution in [3.8, 4) is 0 Å². The van der Waals surface area contributed by atoms with E-state index in [4.69, 9.17) is 0 Å². The molecule has 0 bridgehead atoms. The van der Waals surface area contributed by atoms with Gasteiger partial charge in [0, 0.05) is 24.9 Å². The SMILES string of the molecule is CCCCNC(=O)C1CCC(C(=O)NCCCc2ccccc2)CC1. The fourth-order valence-corrected chi connectivity index (χ4v) is 3.44. The van der Waals surface area contributed by atoms with Gasteiger partial charge in [-0.2, -0.15) is 0 Å². The summed E-state index contributed by atoms with van der Waals surface area (Å²) in [6.07, 6.45) is 7.41. The highest BCUT2D eigenvalue weighted by molar-refractivity contribution is 5.81. The Labute approximate surface area is 151 Å². The van der Waals surface area contributed by atoms with Gasteiger partial charge in [0.1, 0.15) is 0 Å². The van der Waals surface area contributed by atoms with Crippen LogP contribution in [0.4, 0.5) is 0 Å². The monoisotopic (exact) mass is 344 g/mol. The molecular formula is C21H32N2O2. The van der Waals surface area contributed by atoms with Gasteiger partial charge >= 0.3 is 0 Å². The number of benzene rings is 1. The summed E-state index contributed by atoms with van der Waals surface area (Å²) in [6.45, 7) is 3.62. The molecule has 0 heterocycles. The molecule has 2 N–H and O–H groups in total. The zero-order valence-corrected chi connectivity index (χ0v) is 15.4. The molecule has 0 atom stereocenters. The van der Waals surface area contributed by atoms with Gasteiger partial charge in [-0.15, -0.1) is 0 Å². The Morgan fingerprint density at radius 1 is 0.880 bits per heavy atom. The van der Waals surface area contributed by atoms with E-state index in [0.717, 1.165) is 64.5 Å². The lowest BCUT2D eigenvalue weighted by Crippen LogP contribution is -2.38. The molecule has 1 aromatic carbocycles. The highest BCUT2D eigenvalue weighted by atomic mass is 16.2. The summed E-state index contributed by atoms with van der Waals surface area (Å²) < 4.78 is 0. The van der Waals surface area contributed by atoms with Crippen molar-refractivity contribution in [1.29, 1.82) is 0 Å². The molecule has 0 radical (unpaired) electrons. The average molecular weight is 344 g/mol. The molecule has 1 aliphatic carbocycles. The smallest absolute Gasteiger partial charge is 0.223 e. The second-order valence-corrected chi connectivity index (χ2v) is 7.07. The zero-order chi connectivity index (χ0) is 17.9. The topological polar surface area (TPSA) is 58.2 Å². The number of hydrogen-bond acceptors (Lipinski definition) is 2. The molecule has 0 aromatic heterocycles. The standard InChI is InChI=1S/C21H32N2O2/c1-2-3-15-22-20(24)18-11-13-19(14-12-18)21(25)23-16-7-10-17-8-5-4-6-9-17/h4-6,8-9,18-19H,2-3,7,10-16H2,1H3,(H,22,24)(H,23,25). The highest BCUT2D eigenvalue weighted by Crippen LogP contribution is 2.29. The lowest BCUT2D eigenvalue weighted by Gasteiger charge is -2.27. The minimum absolute atomic E-state index is 0.0800. The summed E-state index contributed by atoms with van der Waals surface area (Å²) in [5.41, 5.74) is 1.31. The maximum Gasteiger partial charge on any atom is 0.223 e. The molecule has 0 spiro atoms. The van der Waals surface area contributed by atoms with Crippen LogP contribution in [-0.2, 0) is 16.0 Å². The predicted octanol–water partition coefficient (Wildman–Crippen LogP) is 3.46. The lowest BCUT2D eigenvalue weighted by molar-refractivity contribution is -0.130. The number of rotatable bonds is 9. The van der Waals surface area contributed by atoms with Crippen LogP contribution in [0.3, 0.4) is 0 Å². The third-order valence-electron chi connectivity index (χ3n) is 5.08. The van der Waals surface area contributed by atoms with Gasteiger partial charge in [0.2, 0.25) is 11.8 Å². The van der Waals surface area contributed by atoms with E-state index in [9.17, 15) is 9.59 Å². The molecule has 4 heteroatoms. The van der Waals surface area contributed by atoms with Gasteiger partial charge in [-0.3, -0.25) is 9.59 Å². The van der Waals surface area contributed by atoms with E-state index < -0.39 is 0 Å². The normalized spacial score (nSPS) is 20.0. The first-order valence-corrected chi connectivity index (χ1v) is 9.80. The average Bonchev–Trinajstić information content (AvgIpc) is 2.66. The lowest BCUT2D eigenvalue weighted by atomic mass is 9.81. The van der Waals surface area contributed by atoms with E-state index in [2.05, 4.69) is 29.7 Å². The third-order valence-corrected chi connectivity index (χ3v) is 5.08. The van der Waals surface area contributed by atoms with Gasteiger partial charge in [0.15, 0.2) is 0 Å². The molecule has 0 unspecified atom stereocenters. The molecule has 2 amide bonds. The van der Waals surface area contributed by atoms with Crippen LogP contribution in [0.25, 0.3) is 0 Å². The summed E-state index contributed by atoms with van der Waals surface area (Å²) in [7, 11) is 0. The first kappa shape index (κ1) is 19.5. The summed E-state index contributed by atoms with van der Waals surface area (Å²) in [6, 6.07) is 10.4. The molecule has 2 rings (SSSR count). The van der Waals surface area contributed by atoms with E-state index >= 15 is 0 Å². The van der Waals surface area contributed by atoms with Crippen molar-refractivity contribution in [3.63, 3.8) is 0 Å². The van der Waals surface area contributed by atoms with Crippen molar-refractivity contribution in [2.45, 2.75) is 58.3 Å². The fraction of sp³-hybridized carbons (Fsp3) is 0.619. The number of hydrogen-bond donors (Lipinski definition) is 2. The van der Waals surface area contributed by atoms with Gasteiger partial charge in [-0.1, -0.05) is 43.7 Å². The Kier molecular flexibility index (Phi) is 8.50. The Morgan fingerprint density at radius 3 is 1.92 bits per heavy atom. The summed E-state index contributed by atoms with van der Waals surface area (Å²) in [4.78, 5) is 24.4. The maximum absolute atomic E-state index is 12.3. The molecule has 0 saturated heterocycles. The van der Waals surface area contributed by atoms with Crippen molar-refractivity contribution in [3.05, 3.63) is 35.9 Å². The highest BCUT2D eigenvalue weighted by Gasteiger charge is 2.29. The zero-order valence-electron chi connectivity index (χ0n) is 15.4. The van der Waals surface area contributed by atoms with Crippen molar-refractivity contribution < 1.29 is 9.59 Å². The molecule has 25 heavy (non-hydrogen) atoms. The summed E-state index contributed by atoms with van der Waals surface area (Å²) >= 11 is 0. The minimum atomic E-state index is 0.0800. The Morgan fingerprint density at radius 2 is 1.40 bits per heavy atom. The third kappa shape index (κ3) is 6.89. The Balaban J connectivity index is 1.60. The number of unbranched alkanes of at least 4 members (excludes halogenated alkanes) is 1. The van der Waals surface area contributed by atoms with Crippen LogP contribution in [0.15, 0.2) is 30.3 Å². The predicted molar refractivity (Wildman–Crippen MR) is 101 cm³/mol. The van der Waals surface area contributed by atoms with Gasteiger partial charge in [-0.05, 0) is 50.5 Å². The van der Waals surface area contributed by atoms with Gasteiger partial charge in [-0.25, -0.2) is 0 Å². The second-order valence-electron chi connectivity index (χ2n) is 7.07. The molecule has 1 saturated carbocycles. The van der Waals surface area contributed by atoms with Crippen LogP contribution in [0.5, 0.6) is 0 Å². The Hall–Kier alpha value is -1.84. The van der Waals surface area contributed by atoms with E-state index in [1.54, 1.807) is 0 Å². The Bertz CT molecular complexity index is 522. The van der Waals surface area contributed by atoms with E-state index in [1.807, 2.05) is 18.2 Å². The molecule has 4 nitrogen and oxygen atoms in total. The first-order valence-electron chi connectivity index (χ1n) is 9.80. The van der Waals surface area contributed by atoms with Gasteiger partial charge in [0.25, 0.3) is 0 Å². The van der Waals surface area contributed by atoms with E-state index in [0.29, 0.717) is 0 Å². The number of amides is 2. The van der Waals surface area contributed by atoms with Crippen molar-refractivity contribution >= 4 is 11.8 Å². The minimum Gasteiger partial charge on any atom is -0.356 e. The molecule has 0 aliphatic heterocycles. The largest absolute Gasteiger partial charge is 0.356 e. The second kappa shape index (κ2) is 10.9. The van der Waals surface area contributed by atoms with Crippen LogP contribution in [0.1, 0.15) is 57.4 Å². The van der Waals surface area contributed by atoms with E-state index in [1.165, 1.54) is 5.56 Å². The maximum atomic E-state index is 12.3. The van der Waals surface area contributed by atoms with Crippen LogP contribution in [0.2, 0.25) is 0 Å². The fourth-order valence-electron chi connectivity index (χ4n) is 3.44. The number of carbonyl (C=O) groups excluding carboxylic acids is 2. The van der Waals surface area contributed by atoms with Crippen LogP contribution in [-0.4, -0.2) is 24.9 Å². The number of carbonyl (C=O) groups is 2. The van der Waals surface area contributed by atoms with Crippen molar-refractivity contribution in [2.24, 2.45) is 11.8 Å². The molecule has 1 fully saturated rings. The molecule has 1 aliphatic rings. The van der Waals surface area contributed by atoms with Gasteiger partial charge < -0.3 is 10.6 Å². The van der Waals surface area contributed by atoms with Crippen LogP contribution < -0.4 is 10.6 Å². The molecular weight excluding hydrogens is 312 g/mol. The quantitative estimate of drug-likeness (QED) is 0.674. The van der Waals surface area contributed by atoms with Crippen LogP contribution in [0, 0.1) is 11.8 Å². The first-order chi connectivity index (χ1) is 12.2.